The highest BCUT2D eigenvalue weighted by Crippen LogP contribution is 2.48. The molecule has 0 amide bonds. The van der Waals surface area contributed by atoms with Crippen LogP contribution in [0.25, 0.3) is 6.08 Å². The Morgan fingerprint density at radius 2 is 1.63 bits per heavy atom. The molecule has 10 atom stereocenters. The number of rotatable bonds is 7. The van der Waals surface area contributed by atoms with E-state index in [1.54, 1.807) is 0 Å². The summed E-state index contributed by atoms with van der Waals surface area (Å²) < 4.78 is 32.4. The zero-order valence-corrected chi connectivity index (χ0v) is 22.5. The van der Waals surface area contributed by atoms with Crippen molar-refractivity contribution < 1.29 is 79.5 Å². The van der Waals surface area contributed by atoms with Crippen molar-refractivity contribution in [3.8, 4) is 34.5 Å². The normalized spacial score (nSPS) is 34.1. The van der Waals surface area contributed by atoms with Crippen molar-refractivity contribution in [2.24, 2.45) is 0 Å². The molecule has 43 heavy (non-hydrogen) atoms. The molecule has 3 heterocycles. The fraction of sp³-hybridized carbons (Fsp3) is 0.481. The van der Waals surface area contributed by atoms with Crippen LogP contribution < -0.4 is 4.74 Å². The maximum Gasteiger partial charge on any atom is 0.270 e. The number of hydrogen-bond acceptors (Lipinski definition) is 15. The summed E-state index contributed by atoms with van der Waals surface area (Å²) in [6.45, 7) is -1.18. The monoisotopic (exact) mass is 613 g/mol. The quantitative estimate of drug-likeness (QED) is 0.121. The molecular formula is C27H33O16+. The Bertz CT molecular complexity index is 1350. The van der Waals surface area contributed by atoms with Gasteiger partial charge in [-0.05, 0) is 12.1 Å². The Hall–Kier alpha value is -3.58. The lowest BCUT2D eigenvalue weighted by Crippen LogP contribution is -2.63. The van der Waals surface area contributed by atoms with Gasteiger partial charge in [-0.25, -0.2) is 0 Å². The van der Waals surface area contributed by atoms with Gasteiger partial charge in [-0.3, -0.25) is 0 Å². The molecule has 11 N–H and O–H groups in total. The molecule has 16 heteroatoms. The molecule has 0 aromatic heterocycles. The molecule has 236 valence electrons. The summed E-state index contributed by atoms with van der Waals surface area (Å²) in [6, 6.07) is 4.84. The minimum absolute atomic E-state index is 0.0971. The fourth-order valence-electron chi connectivity index (χ4n) is 5.04. The van der Waals surface area contributed by atoms with E-state index in [4.69, 9.17) is 23.7 Å². The number of ether oxygens (including phenoxy) is 6. The van der Waals surface area contributed by atoms with Gasteiger partial charge in [0, 0.05) is 12.1 Å². The lowest BCUT2D eigenvalue weighted by Gasteiger charge is -2.45. The third-order valence-corrected chi connectivity index (χ3v) is 7.38. The van der Waals surface area contributed by atoms with E-state index >= 15 is 0 Å². The SMILES string of the molecule is COc1cc(C2[OH+]c3cc(O)cc(O)c3C=C2OC2OC(CO)C(O)C(O)C2OC2OCC(O)C(O)C2O)cc(O)c1O. The second-order valence-electron chi connectivity index (χ2n) is 10.2. The van der Waals surface area contributed by atoms with Gasteiger partial charge in [-0.15, -0.1) is 0 Å². The molecule has 2 aromatic carbocycles. The summed E-state index contributed by atoms with van der Waals surface area (Å²) in [6.07, 6.45) is -14.5. The zero-order valence-electron chi connectivity index (χ0n) is 22.5. The van der Waals surface area contributed by atoms with E-state index in [-0.39, 0.29) is 39.9 Å². The van der Waals surface area contributed by atoms with Crippen molar-refractivity contribution in [2.45, 2.75) is 61.4 Å². The average Bonchev–Trinajstić information content (AvgIpc) is 2.97. The standard InChI is InChI=1S/C27H32O16/c1-38-16-3-9(2-13(31)19(16)33)24-17(6-11-12(30)4-10(29)5-15(11)40-24)41-27-25(22(36)21(35)18(7-28)42-27)43-26-23(37)20(34)14(32)8-39-26/h2-6,14,18,20-37H,7-8H2,1H3/p+1. The van der Waals surface area contributed by atoms with Crippen LogP contribution in [0.5, 0.6) is 34.5 Å². The maximum atomic E-state index is 10.9. The van der Waals surface area contributed by atoms with Crippen LogP contribution in [0.15, 0.2) is 30.0 Å². The highest BCUT2D eigenvalue weighted by atomic mass is 16.8. The van der Waals surface area contributed by atoms with Crippen molar-refractivity contribution in [3.05, 3.63) is 41.2 Å². The van der Waals surface area contributed by atoms with Crippen molar-refractivity contribution in [3.63, 3.8) is 0 Å². The number of methoxy groups -OCH3 is 1. The van der Waals surface area contributed by atoms with Crippen LogP contribution in [-0.2, 0) is 18.9 Å². The van der Waals surface area contributed by atoms with E-state index in [2.05, 4.69) is 4.74 Å². The Balaban J connectivity index is 1.54. The van der Waals surface area contributed by atoms with Gasteiger partial charge in [-0.1, -0.05) is 0 Å². The lowest BCUT2D eigenvalue weighted by atomic mass is 9.97. The second-order valence-corrected chi connectivity index (χ2v) is 10.2. The Morgan fingerprint density at radius 1 is 0.884 bits per heavy atom. The molecule has 2 fully saturated rings. The number of aliphatic hydroxyl groups excluding tert-OH is 6. The highest BCUT2D eigenvalue weighted by molar-refractivity contribution is 5.69. The number of benzene rings is 2. The summed E-state index contributed by atoms with van der Waals surface area (Å²) in [7, 11) is 1.26. The Kier molecular flexibility index (Phi) is 8.75. The van der Waals surface area contributed by atoms with E-state index in [0.717, 1.165) is 6.07 Å². The van der Waals surface area contributed by atoms with E-state index < -0.39 is 86.1 Å². The number of aromatic hydroxyl groups is 5. The van der Waals surface area contributed by atoms with Crippen LogP contribution >= 0.6 is 0 Å². The van der Waals surface area contributed by atoms with E-state index in [1.165, 1.54) is 31.4 Å². The molecule has 5 rings (SSSR count). The van der Waals surface area contributed by atoms with Gasteiger partial charge in [0.05, 0.1) is 32.0 Å². The summed E-state index contributed by atoms with van der Waals surface area (Å²) in [4.78, 5) is 0. The number of phenolic OH excluding ortho intramolecular Hbond substituents is 4. The van der Waals surface area contributed by atoms with Crippen LogP contribution in [0.2, 0.25) is 0 Å². The minimum Gasteiger partial charge on any atom is -0.571 e. The van der Waals surface area contributed by atoms with Crippen LogP contribution in [-0.4, -0.2) is 131 Å². The topological polar surface area (TPSA) is 261 Å². The molecule has 0 bridgehead atoms. The first-order valence-electron chi connectivity index (χ1n) is 13.1. The smallest absolute Gasteiger partial charge is 0.270 e. The minimum atomic E-state index is -1.80. The number of hydrogen-bond donors (Lipinski definition) is 10. The molecule has 0 aliphatic carbocycles. The van der Waals surface area contributed by atoms with Gasteiger partial charge in [0.1, 0.15) is 53.7 Å². The largest absolute Gasteiger partial charge is 0.571 e. The van der Waals surface area contributed by atoms with Crippen molar-refractivity contribution in [2.75, 3.05) is 20.3 Å². The van der Waals surface area contributed by atoms with Gasteiger partial charge in [-0.2, -0.15) is 0 Å². The van der Waals surface area contributed by atoms with Crippen LogP contribution in [0.1, 0.15) is 17.2 Å². The van der Waals surface area contributed by atoms with Crippen LogP contribution in [0.3, 0.4) is 0 Å². The van der Waals surface area contributed by atoms with Gasteiger partial charge in [0.2, 0.25) is 12.0 Å². The first-order chi connectivity index (χ1) is 20.4. The van der Waals surface area contributed by atoms with E-state index in [9.17, 15) is 51.1 Å². The molecule has 16 nitrogen and oxygen atoms in total. The summed E-state index contributed by atoms with van der Waals surface area (Å²) in [5.41, 5.74) is 0.303. The molecule has 3 aliphatic heterocycles. The highest BCUT2D eigenvalue weighted by Gasteiger charge is 2.51. The van der Waals surface area contributed by atoms with Crippen molar-refractivity contribution in [1.29, 1.82) is 0 Å². The molecule has 0 saturated carbocycles. The number of aliphatic hydroxyl groups is 7. The predicted octanol–water partition coefficient (Wildman–Crippen LogP) is -1.87. The van der Waals surface area contributed by atoms with Crippen molar-refractivity contribution in [1.82, 2.24) is 0 Å². The second kappa shape index (κ2) is 12.2. The van der Waals surface area contributed by atoms with Gasteiger partial charge in [0.15, 0.2) is 29.7 Å². The third kappa shape index (κ3) is 5.84. The maximum absolute atomic E-state index is 10.9. The number of fused-ring (bicyclic) bond motifs is 1. The molecule has 0 radical (unpaired) electrons. The Morgan fingerprint density at radius 3 is 2.33 bits per heavy atom. The van der Waals surface area contributed by atoms with E-state index in [1.807, 2.05) is 0 Å². The first-order valence-corrected chi connectivity index (χ1v) is 13.1. The Labute approximate surface area is 243 Å². The van der Waals surface area contributed by atoms with Gasteiger partial charge < -0.3 is 79.5 Å². The molecule has 2 saturated heterocycles. The van der Waals surface area contributed by atoms with Crippen LogP contribution in [0, 0.1) is 0 Å². The average molecular weight is 614 g/mol. The lowest BCUT2D eigenvalue weighted by molar-refractivity contribution is -0.353. The summed E-state index contributed by atoms with van der Waals surface area (Å²) in [5, 5.41) is 103. The predicted molar refractivity (Wildman–Crippen MR) is 140 cm³/mol. The van der Waals surface area contributed by atoms with Gasteiger partial charge >= 0.3 is 0 Å². The van der Waals surface area contributed by atoms with E-state index in [0.29, 0.717) is 0 Å². The summed E-state index contributed by atoms with van der Waals surface area (Å²) in [5.74, 6) is -1.88. The first kappa shape index (κ1) is 30.9. The molecule has 0 spiro atoms. The molecule has 2 aromatic rings. The fourth-order valence-corrected chi connectivity index (χ4v) is 5.04. The molecular weight excluding hydrogens is 580 g/mol. The van der Waals surface area contributed by atoms with Crippen molar-refractivity contribution >= 4 is 6.08 Å². The number of phenols is 4. The summed E-state index contributed by atoms with van der Waals surface area (Å²) >= 11 is 0. The van der Waals surface area contributed by atoms with Gasteiger partial charge in [0.25, 0.3) is 11.9 Å². The molecule has 10 unspecified atom stereocenters. The van der Waals surface area contributed by atoms with Crippen LogP contribution in [0.4, 0.5) is 0 Å². The molecule has 3 aliphatic rings. The third-order valence-electron chi connectivity index (χ3n) is 7.38. The zero-order chi connectivity index (χ0) is 31.2.